The quantitative estimate of drug-likeness (QED) is 0.809. The summed E-state index contributed by atoms with van der Waals surface area (Å²) in [6.07, 6.45) is 2.71. The smallest absolute Gasteiger partial charge is 0.223 e. The van der Waals surface area contributed by atoms with Crippen molar-refractivity contribution in [3.63, 3.8) is 0 Å². The summed E-state index contributed by atoms with van der Waals surface area (Å²) in [6, 6.07) is 6.12. The molecule has 1 unspecified atom stereocenters. The zero-order valence-electron chi connectivity index (χ0n) is 13.1. The highest BCUT2D eigenvalue weighted by molar-refractivity contribution is 5.75. The summed E-state index contributed by atoms with van der Waals surface area (Å²) in [5.41, 5.74) is 2.28. The van der Waals surface area contributed by atoms with Crippen LogP contribution in [0.15, 0.2) is 18.2 Å². The van der Waals surface area contributed by atoms with Gasteiger partial charge in [0.25, 0.3) is 0 Å². The Morgan fingerprint density at radius 2 is 2.29 bits per heavy atom. The maximum absolute atomic E-state index is 11.8. The van der Waals surface area contributed by atoms with Gasteiger partial charge < -0.3 is 15.4 Å². The summed E-state index contributed by atoms with van der Waals surface area (Å²) in [5, 5.41) is 6.32. The van der Waals surface area contributed by atoms with Gasteiger partial charge in [-0.2, -0.15) is 0 Å². The van der Waals surface area contributed by atoms with Crippen molar-refractivity contribution in [2.24, 2.45) is 5.92 Å². The van der Waals surface area contributed by atoms with Crippen LogP contribution < -0.4 is 15.4 Å². The van der Waals surface area contributed by atoms with Crippen molar-refractivity contribution < 1.29 is 9.53 Å². The average Bonchev–Trinajstić information content (AvgIpc) is 2.96. The van der Waals surface area contributed by atoms with Gasteiger partial charge in [0.2, 0.25) is 5.91 Å². The molecule has 2 rings (SSSR count). The largest absolute Gasteiger partial charge is 0.493 e. The summed E-state index contributed by atoms with van der Waals surface area (Å²) in [6.45, 7) is 7.46. The first-order valence-corrected chi connectivity index (χ1v) is 7.82. The van der Waals surface area contributed by atoms with E-state index in [-0.39, 0.29) is 5.91 Å². The minimum absolute atomic E-state index is 0.0752. The van der Waals surface area contributed by atoms with Crippen LogP contribution in [0.2, 0.25) is 0 Å². The molecule has 116 valence electrons. The molecule has 0 saturated carbocycles. The monoisotopic (exact) mass is 290 g/mol. The zero-order valence-corrected chi connectivity index (χ0v) is 13.1. The molecule has 1 aromatic rings. The Hall–Kier alpha value is -1.55. The molecule has 0 aromatic heterocycles. The van der Waals surface area contributed by atoms with Crippen molar-refractivity contribution in [1.82, 2.24) is 10.6 Å². The highest BCUT2D eigenvalue weighted by Gasteiger charge is 2.14. The van der Waals surface area contributed by atoms with Gasteiger partial charge >= 0.3 is 0 Å². The van der Waals surface area contributed by atoms with Crippen LogP contribution in [0.25, 0.3) is 0 Å². The van der Waals surface area contributed by atoms with E-state index in [1.54, 1.807) is 0 Å². The minimum Gasteiger partial charge on any atom is -0.493 e. The number of rotatable bonds is 7. The topological polar surface area (TPSA) is 50.4 Å². The molecule has 1 amide bonds. The number of benzene rings is 1. The van der Waals surface area contributed by atoms with Crippen molar-refractivity contribution in [3.05, 3.63) is 29.3 Å². The number of aryl methyl sites for hydroxylation is 2. The van der Waals surface area contributed by atoms with E-state index in [2.05, 4.69) is 16.7 Å². The van der Waals surface area contributed by atoms with Gasteiger partial charge in [-0.05, 0) is 62.9 Å². The Morgan fingerprint density at radius 3 is 3.05 bits per heavy atom. The van der Waals surface area contributed by atoms with E-state index >= 15 is 0 Å². The normalized spacial score (nSPS) is 17.7. The predicted molar refractivity (Wildman–Crippen MR) is 84.6 cm³/mol. The number of amides is 1. The molecule has 1 aliphatic heterocycles. The highest BCUT2D eigenvalue weighted by Crippen LogP contribution is 2.19. The molecule has 0 spiro atoms. The first-order valence-electron chi connectivity index (χ1n) is 7.82. The SMILES string of the molecule is Cc1ccc(C)c(OCCC(=O)NCCC2CCNC2)c1. The Bertz CT molecular complexity index is 468. The second kappa shape index (κ2) is 8.03. The fourth-order valence-corrected chi connectivity index (χ4v) is 2.58. The summed E-state index contributed by atoms with van der Waals surface area (Å²) in [7, 11) is 0. The van der Waals surface area contributed by atoms with E-state index in [4.69, 9.17) is 4.74 Å². The van der Waals surface area contributed by atoms with Crippen molar-refractivity contribution in [2.45, 2.75) is 33.1 Å². The standard InChI is InChI=1S/C17H26N2O2/c1-13-3-4-14(2)16(11-13)21-10-7-17(20)19-9-6-15-5-8-18-12-15/h3-4,11,15,18H,5-10,12H2,1-2H3,(H,19,20). The second-order valence-corrected chi connectivity index (χ2v) is 5.86. The van der Waals surface area contributed by atoms with E-state index in [9.17, 15) is 4.79 Å². The number of ether oxygens (including phenoxy) is 1. The average molecular weight is 290 g/mol. The molecule has 1 aromatic carbocycles. The van der Waals surface area contributed by atoms with Gasteiger partial charge in [0, 0.05) is 6.54 Å². The van der Waals surface area contributed by atoms with Crippen molar-refractivity contribution in [2.75, 3.05) is 26.2 Å². The highest BCUT2D eigenvalue weighted by atomic mass is 16.5. The molecule has 1 atom stereocenters. The van der Waals surface area contributed by atoms with Crippen LogP contribution in [-0.2, 0) is 4.79 Å². The van der Waals surface area contributed by atoms with Gasteiger partial charge in [-0.25, -0.2) is 0 Å². The van der Waals surface area contributed by atoms with Gasteiger partial charge in [-0.3, -0.25) is 4.79 Å². The molecule has 0 bridgehead atoms. The molecule has 1 saturated heterocycles. The molecule has 1 fully saturated rings. The third-order valence-electron chi connectivity index (χ3n) is 3.97. The third kappa shape index (κ3) is 5.38. The number of hydrogen-bond donors (Lipinski definition) is 2. The number of carbonyl (C=O) groups excluding carboxylic acids is 1. The van der Waals surface area contributed by atoms with Gasteiger partial charge in [0.15, 0.2) is 0 Å². The Kier molecular flexibility index (Phi) is 6.05. The third-order valence-corrected chi connectivity index (χ3v) is 3.97. The van der Waals surface area contributed by atoms with Gasteiger partial charge in [0.05, 0.1) is 13.0 Å². The molecular weight excluding hydrogens is 264 g/mol. The van der Waals surface area contributed by atoms with Crippen molar-refractivity contribution >= 4 is 5.91 Å². The van der Waals surface area contributed by atoms with Gasteiger partial charge in [0.1, 0.15) is 5.75 Å². The minimum atomic E-state index is 0.0752. The van der Waals surface area contributed by atoms with E-state index in [0.29, 0.717) is 13.0 Å². The molecule has 0 aliphatic carbocycles. The Balaban J connectivity index is 1.61. The Morgan fingerprint density at radius 1 is 1.43 bits per heavy atom. The second-order valence-electron chi connectivity index (χ2n) is 5.86. The Labute approximate surface area is 127 Å². The zero-order chi connectivity index (χ0) is 15.1. The molecule has 1 aliphatic rings. The number of carbonyl (C=O) groups is 1. The summed E-state index contributed by atoms with van der Waals surface area (Å²) >= 11 is 0. The number of hydrogen-bond acceptors (Lipinski definition) is 3. The first-order chi connectivity index (χ1) is 10.1. The molecule has 0 radical (unpaired) electrons. The molecule has 4 nitrogen and oxygen atoms in total. The summed E-state index contributed by atoms with van der Waals surface area (Å²) < 4.78 is 5.70. The van der Waals surface area contributed by atoms with Crippen LogP contribution in [0.5, 0.6) is 5.75 Å². The predicted octanol–water partition coefficient (Wildman–Crippen LogP) is 2.19. The first kappa shape index (κ1) is 15.8. The lowest BCUT2D eigenvalue weighted by atomic mass is 10.1. The van der Waals surface area contributed by atoms with Crippen LogP contribution in [0.1, 0.15) is 30.4 Å². The fourth-order valence-electron chi connectivity index (χ4n) is 2.58. The summed E-state index contributed by atoms with van der Waals surface area (Å²) in [5.74, 6) is 1.67. The lowest BCUT2D eigenvalue weighted by molar-refractivity contribution is -0.121. The van der Waals surface area contributed by atoms with Crippen LogP contribution in [0, 0.1) is 19.8 Å². The van der Waals surface area contributed by atoms with Crippen LogP contribution in [-0.4, -0.2) is 32.1 Å². The van der Waals surface area contributed by atoms with Gasteiger partial charge in [-0.1, -0.05) is 12.1 Å². The maximum Gasteiger partial charge on any atom is 0.223 e. The van der Waals surface area contributed by atoms with E-state index < -0.39 is 0 Å². The van der Waals surface area contributed by atoms with Crippen LogP contribution in [0.4, 0.5) is 0 Å². The summed E-state index contributed by atoms with van der Waals surface area (Å²) in [4.78, 5) is 11.8. The van der Waals surface area contributed by atoms with Crippen LogP contribution in [0.3, 0.4) is 0 Å². The molecule has 2 N–H and O–H groups in total. The van der Waals surface area contributed by atoms with Crippen molar-refractivity contribution in [3.8, 4) is 5.75 Å². The van der Waals surface area contributed by atoms with Crippen LogP contribution >= 0.6 is 0 Å². The maximum atomic E-state index is 11.8. The lowest BCUT2D eigenvalue weighted by Gasteiger charge is -2.11. The number of nitrogens with one attached hydrogen (secondary N) is 2. The lowest BCUT2D eigenvalue weighted by Crippen LogP contribution is -2.27. The molecule has 1 heterocycles. The fraction of sp³-hybridized carbons (Fsp3) is 0.588. The van der Waals surface area contributed by atoms with Crippen molar-refractivity contribution in [1.29, 1.82) is 0 Å². The van der Waals surface area contributed by atoms with Gasteiger partial charge in [-0.15, -0.1) is 0 Å². The van der Waals surface area contributed by atoms with E-state index in [1.165, 1.54) is 12.0 Å². The van der Waals surface area contributed by atoms with E-state index in [1.807, 2.05) is 26.0 Å². The molecule has 4 heteroatoms. The molecule has 21 heavy (non-hydrogen) atoms. The van der Waals surface area contributed by atoms with E-state index in [0.717, 1.165) is 43.3 Å². The molecular formula is C17H26N2O2.